The summed E-state index contributed by atoms with van der Waals surface area (Å²) in [5.41, 5.74) is 0. The highest BCUT2D eigenvalue weighted by atomic mass is 16.2. The van der Waals surface area contributed by atoms with Crippen LogP contribution < -0.4 is 0 Å². The van der Waals surface area contributed by atoms with Crippen molar-refractivity contribution in [3.8, 4) is 0 Å². The van der Waals surface area contributed by atoms with Crippen LogP contribution in [0.25, 0.3) is 0 Å². The van der Waals surface area contributed by atoms with Crippen molar-refractivity contribution in [1.82, 2.24) is 9.80 Å². The van der Waals surface area contributed by atoms with Crippen LogP contribution in [0.5, 0.6) is 0 Å². The Kier molecular flexibility index (Phi) is 4.66. The maximum absolute atomic E-state index is 12.0. The lowest BCUT2D eigenvalue weighted by Crippen LogP contribution is -2.52. The molecule has 0 unspecified atom stereocenters. The smallest absolute Gasteiger partial charge is 0.223 e. The predicted molar refractivity (Wildman–Crippen MR) is 74.4 cm³/mol. The van der Waals surface area contributed by atoms with E-state index >= 15 is 0 Å². The van der Waals surface area contributed by atoms with Gasteiger partial charge in [0.05, 0.1) is 0 Å². The van der Waals surface area contributed by atoms with Gasteiger partial charge < -0.3 is 9.80 Å². The third-order valence-electron chi connectivity index (χ3n) is 4.71. The van der Waals surface area contributed by atoms with E-state index in [1.165, 1.54) is 25.8 Å². The summed E-state index contributed by atoms with van der Waals surface area (Å²) in [4.78, 5) is 16.3. The van der Waals surface area contributed by atoms with Crippen molar-refractivity contribution in [2.24, 2.45) is 17.8 Å². The molecule has 18 heavy (non-hydrogen) atoms. The van der Waals surface area contributed by atoms with Gasteiger partial charge in [0, 0.05) is 32.6 Å². The largest absolute Gasteiger partial charge is 0.342 e. The molecular weight excluding hydrogens is 224 g/mol. The number of likely N-dealkylation sites (tertiary alicyclic amines) is 1. The van der Waals surface area contributed by atoms with Gasteiger partial charge >= 0.3 is 0 Å². The summed E-state index contributed by atoms with van der Waals surface area (Å²) in [6.07, 6.45) is 4.89. The zero-order valence-electron chi connectivity index (χ0n) is 12.2. The van der Waals surface area contributed by atoms with Gasteiger partial charge in [-0.25, -0.2) is 0 Å². The van der Waals surface area contributed by atoms with E-state index < -0.39 is 0 Å². The number of rotatable bonds is 6. The highest BCUT2D eigenvalue weighted by Crippen LogP contribution is 2.27. The van der Waals surface area contributed by atoms with E-state index in [1.54, 1.807) is 0 Å². The van der Waals surface area contributed by atoms with Crippen LogP contribution in [0, 0.1) is 17.8 Å². The molecule has 1 amide bonds. The van der Waals surface area contributed by atoms with E-state index in [4.69, 9.17) is 0 Å². The first-order chi connectivity index (χ1) is 8.56. The maximum Gasteiger partial charge on any atom is 0.223 e. The van der Waals surface area contributed by atoms with Crippen LogP contribution in [0.1, 0.15) is 39.5 Å². The molecule has 0 bridgehead atoms. The molecule has 0 aromatic heterocycles. The molecule has 0 N–H and O–H groups in total. The van der Waals surface area contributed by atoms with E-state index in [0.29, 0.717) is 12.3 Å². The summed E-state index contributed by atoms with van der Waals surface area (Å²) in [6, 6.07) is 0. The molecule has 104 valence electrons. The fourth-order valence-electron chi connectivity index (χ4n) is 2.79. The van der Waals surface area contributed by atoms with Gasteiger partial charge in [-0.3, -0.25) is 4.79 Å². The lowest BCUT2D eigenvalue weighted by Gasteiger charge is -2.42. The Morgan fingerprint density at radius 2 is 2.00 bits per heavy atom. The minimum absolute atomic E-state index is 0.354. The SMILES string of the molecule is CC(C)C1CN(C(=O)CCN(C)CC2CCC2)C1. The van der Waals surface area contributed by atoms with Crippen LogP contribution in [0.15, 0.2) is 0 Å². The average molecular weight is 252 g/mol. The van der Waals surface area contributed by atoms with Crippen molar-refractivity contribution in [3.63, 3.8) is 0 Å². The van der Waals surface area contributed by atoms with Gasteiger partial charge in [-0.05, 0) is 37.6 Å². The standard InChI is InChI=1S/C15H28N2O/c1-12(2)14-10-17(11-14)15(18)7-8-16(3)9-13-5-4-6-13/h12-14H,4-11H2,1-3H3. The second-order valence-corrected chi connectivity index (χ2v) is 6.61. The summed E-state index contributed by atoms with van der Waals surface area (Å²) in [5.74, 6) is 2.71. The molecular formula is C15H28N2O. The zero-order chi connectivity index (χ0) is 13.1. The highest BCUT2D eigenvalue weighted by molar-refractivity contribution is 5.77. The molecule has 1 saturated heterocycles. The molecule has 0 atom stereocenters. The molecule has 0 radical (unpaired) electrons. The predicted octanol–water partition coefficient (Wildman–Crippen LogP) is 2.22. The highest BCUT2D eigenvalue weighted by Gasteiger charge is 2.32. The molecule has 1 heterocycles. The van der Waals surface area contributed by atoms with Gasteiger partial charge in [-0.1, -0.05) is 20.3 Å². The van der Waals surface area contributed by atoms with Gasteiger partial charge in [-0.2, -0.15) is 0 Å². The van der Waals surface area contributed by atoms with Crippen molar-refractivity contribution in [2.75, 3.05) is 33.2 Å². The molecule has 0 aromatic rings. The van der Waals surface area contributed by atoms with Crippen molar-refractivity contribution >= 4 is 5.91 Å². The second kappa shape index (κ2) is 6.05. The molecule has 3 heteroatoms. The fraction of sp³-hybridized carbons (Fsp3) is 0.933. The number of hydrogen-bond donors (Lipinski definition) is 0. The van der Waals surface area contributed by atoms with E-state index in [-0.39, 0.29) is 0 Å². The van der Waals surface area contributed by atoms with E-state index in [9.17, 15) is 4.79 Å². The average Bonchev–Trinajstić information content (AvgIpc) is 2.17. The molecule has 1 aliphatic carbocycles. The van der Waals surface area contributed by atoms with Crippen molar-refractivity contribution in [2.45, 2.75) is 39.5 Å². The minimum atomic E-state index is 0.354. The van der Waals surface area contributed by atoms with Crippen LogP contribution in [-0.4, -0.2) is 48.9 Å². The van der Waals surface area contributed by atoms with Gasteiger partial charge in [0.25, 0.3) is 0 Å². The number of hydrogen-bond acceptors (Lipinski definition) is 2. The fourth-order valence-corrected chi connectivity index (χ4v) is 2.79. The third kappa shape index (κ3) is 3.47. The Morgan fingerprint density at radius 1 is 1.33 bits per heavy atom. The maximum atomic E-state index is 12.0. The van der Waals surface area contributed by atoms with Gasteiger partial charge in [0.1, 0.15) is 0 Å². The molecule has 1 saturated carbocycles. The van der Waals surface area contributed by atoms with Crippen molar-refractivity contribution in [1.29, 1.82) is 0 Å². The topological polar surface area (TPSA) is 23.6 Å². The first kappa shape index (κ1) is 13.9. The number of nitrogens with zero attached hydrogens (tertiary/aromatic N) is 2. The minimum Gasteiger partial charge on any atom is -0.342 e. The monoisotopic (exact) mass is 252 g/mol. The van der Waals surface area contributed by atoms with E-state index in [2.05, 4.69) is 25.8 Å². The van der Waals surface area contributed by atoms with E-state index in [1.807, 2.05) is 4.90 Å². The first-order valence-corrected chi connectivity index (χ1v) is 7.52. The summed E-state index contributed by atoms with van der Waals surface area (Å²) < 4.78 is 0. The normalized spacial score (nSPS) is 21.3. The van der Waals surface area contributed by atoms with Crippen LogP contribution in [0.3, 0.4) is 0 Å². The van der Waals surface area contributed by atoms with Crippen LogP contribution in [0.2, 0.25) is 0 Å². The van der Waals surface area contributed by atoms with Gasteiger partial charge in [-0.15, -0.1) is 0 Å². The van der Waals surface area contributed by atoms with Gasteiger partial charge in [0.15, 0.2) is 0 Å². The lowest BCUT2D eigenvalue weighted by molar-refractivity contribution is -0.138. The molecule has 1 aliphatic heterocycles. The number of carbonyl (C=O) groups excluding carboxylic acids is 1. The third-order valence-corrected chi connectivity index (χ3v) is 4.71. The number of amides is 1. The quantitative estimate of drug-likeness (QED) is 0.723. The zero-order valence-corrected chi connectivity index (χ0v) is 12.2. The van der Waals surface area contributed by atoms with Crippen LogP contribution in [0.4, 0.5) is 0 Å². The molecule has 2 rings (SSSR count). The second-order valence-electron chi connectivity index (χ2n) is 6.61. The van der Waals surface area contributed by atoms with Crippen molar-refractivity contribution in [3.05, 3.63) is 0 Å². The summed E-state index contributed by atoms with van der Waals surface area (Å²) in [7, 11) is 2.15. The van der Waals surface area contributed by atoms with Crippen LogP contribution in [-0.2, 0) is 4.79 Å². The van der Waals surface area contributed by atoms with E-state index in [0.717, 1.165) is 37.4 Å². The number of carbonyl (C=O) groups is 1. The summed E-state index contributed by atoms with van der Waals surface area (Å²) in [6.45, 7) is 8.59. The Balaban J connectivity index is 1.57. The Hall–Kier alpha value is -0.570. The Labute approximate surface area is 112 Å². The molecule has 2 aliphatic rings. The summed E-state index contributed by atoms with van der Waals surface area (Å²) >= 11 is 0. The van der Waals surface area contributed by atoms with Gasteiger partial charge in [0.2, 0.25) is 5.91 Å². The Morgan fingerprint density at radius 3 is 2.50 bits per heavy atom. The molecule has 0 aromatic carbocycles. The van der Waals surface area contributed by atoms with Crippen LogP contribution >= 0.6 is 0 Å². The summed E-state index contributed by atoms with van der Waals surface area (Å²) in [5, 5.41) is 0. The Bertz CT molecular complexity index is 280. The lowest BCUT2D eigenvalue weighted by atomic mass is 9.85. The molecule has 0 spiro atoms. The molecule has 3 nitrogen and oxygen atoms in total. The first-order valence-electron chi connectivity index (χ1n) is 7.52. The molecule has 2 fully saturated rings. The van der Waals surface area contributed by atoms with Crippen molar-refractivity contribution < 1.29 is 4.79 Å².